The van der Waals surface area contributed by atoms with E-state index in [0.29, 0.717) is 17.5 Å². The monoisotopic (exact) mass is 666 g/mol. The molecule has 0 saturated heterocycles. The van der Waals surface area contributed by atoms with Crippen LogP contribution in [0.2, 0.25) is 0 Å². The van der Waals surface area contributed by atoms with Gasteiger partial charge in [-0.3, -0.25) is 0 Å². The van der Waals surface area contributed by atoms with Crippen LogP contribution in [-0.4, -0.2) is 15.0 Å². The highest BCUT2D eigenvalue weighted by atomic mass is 16.3. The van der Waals surface area contributed by atoms with Crippen molar-refractivity contribution in [1.29, 1.82) is 0 Å². The second-order valence-corrected chi connectivity index (χ2v) is 12.9. The summed E-state index contributed by atoms with van der Waals surface area (Å²) in [5.74, 6) is 1.84. The first-order valence-corrected chi connectivity index (χ1v) is 17.3. The Labute approximate surface area is 300 Å². The van der Waals surface area contributed by atoms with Crippen molar-refractivity contribution in [3.63, 3.8) is 0 Å². The van der Waals surface area contributed by atoms with Crippen molar-refractivity contribution in [2.45, 2.75) is 0 Å². The van der Waals surface area contributed by atoms with Gasteiger partial charge in [0.2, 0.25) is 0 Å². The summed E-state index contributed by atoms with van der Waals surface area (Å²) in [5, 5.41) is 6.87. The molecule has 0 aliphatic rings. The van der Waals surface area contributed by atoms with Gasteiger partial charge in [0.15, 0.2) is 17.5 Å². The first kappa shape index (κ1) is 29.8. The lowest BCUT2D eigenvalue weighted by molar-refractivity contribution is 0.669. The number of furan rings is 1. The minimum absolute atomic E-state index is 0.592. The third-order valence-corrected chi connectivity index (χ3v) is 9.66. The Hall–Kier alpha value is -7.11. The van der Waals surface area contributed by atoms with E-state index < -0.39 is 0 Å². The number of anilines is 3. The molecular formula is C47H30N4O. The van der Waals surface area contributed by atoms with E-state index in [1.54, 1.807) is 0 Å². The van der Waals surface area contributed by atoms with E-state index in [-0.39, 0.29) is 0 Å². The standard InChI is InChI=1S/C47H30N4O/c1-3-13-33(14-4-1)45-48-46(34-15-5-2-6-16-34)50-47(49-45)37-21-25-41-42-26-24-40(30-44(42)52-43(41)29-37)51(38-22-19-31-11-7-9-17-35(31)27-38)39-23-20-32-12-8-10-18-36(32)28-39/h1-30H. The maximum absolute atomic E-state index is 6.65. The van der Waals surface area contributed by atoms with Crippen molar-refractivity contribution in [2.75, 3.05) is 4.90 Å². The third-order valence-electron chi connectivity index (χ3n) is 9.66. The summed E-state index contributed by atoms with van der Waals surface area (Å²) >= 11 is 0. The van der Waals surface area contributed by atoms with Crippen LogP contribution in [0.3, 0.4) is 0 Å². The lowest BCUT2D eigenvalue weighted by atomic mass is 10.1. The first-order chi connectivity index (χ1) is 25.7. The number of benzene rings is 8. The van der Waals surface area contributed by atoms with Gasteiger partial charge in [0.25, 0.3) is 0 Å². The van der Waals surface area contributed by atoms with Gasteiger partial charge in [0.1, 0.15) is 11.2 Å². The molecule has 0 radical (unpaired) electrons. The van der Waals surface area contributed by atoms with Gasteiger partial charge in [-0.15, -0.1) is 0 Å². The minimum Gasteiger partial charge on any atom is -0.456 e. The molecule has 0 N–H and O–H groups in total. The zero-order valence-corrected chi connectivity index (χ0v) is 28.0. The average Bonchev–Trinajstić information content (AvgIpc) is 3.58. The molecule has 10 rings (SSSR count). The second kappa shape index (κ2) is 12.3. The van der Waals surface area contributed by atoms with Gasteiger partial charge in [0.05, 0.1) is 0 Å². The first-order valence-electron chi connectivity index (χ1n) is 17.3. The number of aromatic nitrogens is 3. The summed E-state index contributed by atoms with van der Waals surface area (Å²) in [7, 11) is 0. The molecule has 0 fully saturated rings. The van der Waals surface area contributed by atoms with Crippen LogP contribution < -0.4 is 4.90 Å². The van der Waals surface area contributed by atoms with Gasteiger partial charge in [0, 0.05) is 50.6 Å². The van der Waals surface area contributed by atoms with E-state index in [9.17, 15) is 0 Å². The quantitative estimate of drug-likeness (QED) is 0.177. The van der Waals surface area contributed by atoms with Gasteiger partial charge in [-0.25, -0.2) is 15.0 Å². The molecule has 0 unspecified atom stereocenters. The van der Waals surface area contributed by atoms with Crippen LogP contribution >= 0.6 is 0 Å². The Bertz CT molecular complexity index is 2780. The molecule has 10 aromatic rings. The number of fused-ring (bicyclic) bond motifs is 5. The lowest BCUT2D eigenvalue weighted by Crippen LogP contribution is -2.09. The van der Waals surface area contributed by atoms with Crippen LogP contribution in [-0.2, 0) is 0 Å². The Morgan fingerprint density at radius 3 is 1.31 bits per heavy atom. The molecule has 52 heavy (non-hydrogen) atoms. The molecule has 2 aromatic heterocycles. The Morgan fingerprint density at radius 1 is 0.327 bits per heavy atom. The van der Waals surface area contributed by atoms with Crippen molar-refractivity contribution in [3.05, 3.63) is 182 Å². The van der Waals surface area contributed by atoms with Crippen LogP contribution in [0.15, 0.2) is 186 Å². The highest BCUT2D eigenvalue weighted by molar-refractivity contribution is 6.07. The molecule has 0 amide bonds. The number of rotatable bonds is 6. The maximum atomic E-state index is 6.65. The highest BCUT2D eigenvalue weighted by Crippen LogP contribution is 2.41. The summed E-state index contributed by atoms with van der Waals surface area (Å²) in [6, 6.07) is 63.0. The third kappa shape index (κ3) is 5.32. The number of nitrogens with zero attached hydrogens (tertiary/aromatic N) is 4. The fraction of sp³-hybridized carbons (Fsp3) is 0. The van der Waals surface area contributed by atoms with Crippen molar-refractivity contribution >= 4 is 60.5 Å². The zero-order chi connectivity index (χ0) is 34.4. The smallest absolute Gasteiger partial charge is 0.164 e. The van der Waals surface area contributed by atoms with E-state index in [1.807, 2.05) is 66.7 Å². The molecule has 0 atom stereocenters. The fourth-order valence-electron chi connectivity index (χ4n) is 7.06. The zero-order valence-electron chi connectivity index (χ0n) is 28.0. The van der Waals surface area contributed by atoms with Crippen molar-refractivity contribution in [3.8, 4) is 34.2 Å². The number of hydrogen-bond acceptors (Lipinski definition) is 5. The molecular weight excluding hydrogens is 637 g/mol. The van der Waals surface area contributed by atoms with E-state index in [0.717, 1.165) is 55.7 Å². The van der Waals surface area contributed by atoms with Gasteiger partial charge in [-0.05, 0) is 70.1 Å². The molecule has 2 heterocycles. The van der Waals surface area contributed by atoms with Crippen molar-refractivity contribution < 1.29 is 4.42 Å². The summed E-state index contributed by atoms with van der Waals surface area (Å²) in [4.78, 5) is 17.0. The van der Waals surface area contributed by atoms with Gasteiger partial charge in [-0.2, -0.15) is 0 Å². The Balaban J connectivity index is 1.10. The van der Waals surface area contributed by atoms with Crippen LogP contribution in [0, 0.1) is 0 Å². The minimum atomic E-state index is 0.592. The van der Waals surface area contributed by atoms with Gasteiger partial charge < -0.3 is 9.32 Å². The van der Waals surface area contributed by atoms with Crippen LogP contribution in [0.1, 0.15) is 0 Å². The number of hydrogen-bond donors (Lipinski definition) is 0. The molecule has 0 spiro atoms. The highest BCUT2D eigenvalue weighted by Gasteiger charge is 2.18. The van der Waals surface area contributed by atoms with Crippen molar-refractivity contribution in [1.82, 2.24) is 15.0 Å². The normalized spacial score (nSPS) is 11.5. The molecule has 5 heteroatoms. The molecule has 5 nitrogen and oxygen atoms in total. The lowest BCUT2D eigenvalue weighted by Gasteiger charge is -2.26. The predicted molar refractivity (Wildman–Crippen MR) is 213 cm³/mol. The Morgan fingerprint density at radius 2 is 0.750 bits per heavy atom. The van der Waals surface area contributed by atoms with Gasteiger partial charge >= 0.3 is 0 Å². The van der Waals surface area contributed by atoms with Crippen LogP contribution in [0.5, 0.6) is 0 Å². The fourth-order valence-corrected chi connectivity index (χ4v) is 7.06. The topological polar surface area (TPSA) is 55.1 Å². The summed E-state index contributed by atoms with van der Waals surface area (Å²) in [5.41, 5.74) is 7.46. The largest absolute Gasteiger partial charge is 0.456 e. The SMILES string of the molecule is c1ccc(-c2nc(-c3ccccc3)nc(-c3ccc4c(c3)oc3cc(N(c5ccc6ccccc6c5)c5ccc6ccccc6c5)ccc34)n2)cc1. The summed E-state index contributed by atoms with van der Waals surface area (Å²) < 4.78 is 6.65. The van der Waals surface area contributed by atoms with E-state index in [1.165, 1.54) is 21.5 Å². The molecule has 0 saturated carbocycles. The van der Waals surface area contributed by atoms with E-state index in [2.05, 4.69) is 120 Å². The molecule has 0 aliphatic carbocycles. The second-order valence-electron chi connectivity index (χ2n) is 12.9. The van der Waals surface area contributed by atoms with E-state index in [4.69, 9.17) is 19.4 Å². The summed E-state index contributed by atoms with van der Waals surface area (Å²) in [6.07, 6.45) is 0. The Kier molecular flexibility index (Phi) is 7.07. The van der Waals surface area contributed by atoms with Crippen LogP contribution in [0.25, 0.3) is 77.6 Å². The van der Waals surface area contributed by atoms with Gasteiger partial charge in [-0.1, -0.05) is 127 Å². The van der Waals surface area contributed by atoms with Crippen molar-refractivity contribution in [2.24, 2.45) is 0 Å². The molecule has 0 aliphatic heterocycles. The molecule has 0 bridgehead atoms. The average molecular weight is 667 g/mol. The maximum Gasteiger partial charge on any atom is 0.164 e. The molecule has 244 valence electrons. The van der Waals surface area contributed by atoms with Crippen LogP contribution in [0.4, 0.5) is 17.1 Å². The molecule has 8 aromatic carbocycles. The van der Waals surface area contributed by atoms with E-state index >= 15 is 0 Å². The summed E-state index contributed by atoms with van der Waals surface area (Å²) in [6.45, 7) is 0. The predicted octanol–water partition coefficient (Wildman–Crippen LogP) is 12.5.